The third-order valence-corrected chi connectivity index (χ3v) is 5.20. The van der Waals surface area contributed by atoms with E-state index in [9.17, 15) is 4.79 Å². The van der Waals surface area contributed by atoms with Crippen molar-refractivity contribution in [3.63, 3.8) is 0 Å². The number of aromatic nitrogens is 1. The predicted molar refractivity (Wildman–Crippen MR) is 111 cm³/mol. The van der Waals surface area contributed by atoms with E-state index in [0.29, 0.717) is 12.1 Å². The van der Waals surface area contributed by atoms with E-state index in [1.165, 1.54) is 0 Å². The lowest BCUT2D eigenvalue weighted by atomic mass is 9.96. The molecular formula is C24H20N2O3. The molecule has 5 heteroatoms. The molecule has 0 bridgehead atoms. The van der Waals surface area contributed by atoms with Gasteiger partial charge in [-0.25, -0.2) is 0 Å². The number of rotatable bonds is 6. The Morgan fingerprint density at radius 3 is 2.66 bits per heavy atom. The summed E-state index contributed by atoms with van der Waals surface area (Å²) in [6, 6.07) is 23.0. The number of aromatic amines is 1. The van der Waals surface area contributed by atoms with Crippen LogP contribution in [0.5, 0.6) is 11.5 Å². The highest BCUT2D eigenvalue weighted by molar-refractivity contribution is 6.10. The predicted octanol–water partition coefficient (Wildman–Crippen LogP) is 4.61. The number of fused-ring (bicyclic) bond motifs is 2. The number of carbonyl (C=O) groups excluding carboxylic acids is 1. The highest BCUT2D eigenvalue weighted by Gasteiger charge is 2.24. The van der Waals surface area contributed by atoms with Crippen LogP contribution in [0.25, 0.3) is 10.9 Å². The van der Waals surface area contributed by atoms with Gasteiger partial charge in [0.05, 0.1) is 6.04 Å². The van der Waals surface area contributed by atoms with Crippen LogP contribution in [-0.2, 0) is 6.54 Å². The normalized spacial score (nSPS) is 13.5. The second kappa shape index (κ2) is 7.45. The van der Waals surface area contributed by atoms with E-state index in [-0.39, 0.29) is 12.6 Å². The fourth-order valence-electron chi connectivity index (χ4n) is 3.71. The number of para-hydroxylation sites is 1. The third kappa shape index (κ3) is 3.37. The Bertz CT molecular complexity index is 1170. The molecule has 29 heavy (non-hydrogen) atoms. The van der Waals surface area contributed by atoms with Crippen molar-refractivity contribution in [3.05, 3.63) is 95.7 Å². The molecule has 0 saturated heterocycles. The maximum atomic E-state index is 13.5. The average Bonchev–Trinajstić information content (AvgIpc) is 3.41. The number of hydrogen-bond acceptors (Lipinski definition) is 4. The van der Waals surface area contributed by atoms with Crippen LogP contribution in [-0.4, -0.2) is 17.6 Å². The molecule has 3 aromatic carbocycles. The number of hydrogen-bond donors (Lipinski definition) is 2. The first-order chi connectivity index (χ1) is 14.3. The fourth-order valence-corrected chi connectivity index (χ4v) is 3.71. The lowest BCUT2D eigenvalue weighted by molar-refractivity contribution is 0.0943. The molecule has 2 N–H and O–H groups in total. The Morgan fingerprint density at radius 1 is 0.966 bits per heavy atom. The van der Waals surface area contributed by atoms with Crippen molar-refractivity contribution >= 4 is 16.7 Å². The SMILES string of the molecule is O=C(c1c[nH]c2ccccc12)C(NCc1ccc2c(c1)OCO2)c1ccccc1. The number of ketones is 1. The Kier molecular flexibility index (Phi) is 4.50. The Labute approximate surface area is 168 Å². The smallest absolute Gasteiger partial charge is 0.231 e. The molecule has 0 radical (unpaired) electrons. The van der Waals surface area contributed by atoms with Crippen molar-refractivity contribution in [1.29, 1.82) is 0 Å². The van der Waals surface area contributed by atoms with Gasteiger partial charge in [-0.05, 0) is 29.3 Å². The fraction of sp³-hybridized carbons (Fsp3) is 0.125. The van der Waals surface area contributed by atoms with E-state index in [1.807, 2.05) is 72.8 Å². The molecule has 0 saturated carbocycles. The monoisotopic (exact) mass is 384 g/mol. The lowest BCUT2D eigenvalue weighted by Gasteiger charge is -2.18. The lowest BCUT2D eigenvalue weighted by Crippen LogP contribution is -2.28. The van der Waals surface area contributed by atoms with Crippen LogP contribution in [0.2, 0.25) is 0 Å². The van der Waals surface area contributed by atoms with Crippen molar-refractivity contribution in [1.82, 2.24) is 10.3 Å². The standard InChI is InChI=1S/C24H20N2O3/c27-24(19-14-25-20-9-5-4-8-18(19)20)23(17-6-2-1-3-7-17)26-13-16-10-11-21-22(12-16)29-15-28-21/h1-12,14,23,25-26H,13,15H2. The summed E-state index contributed by atoms with van der Waals surface area (Å²) in [5.74, 6) is 1.53. The molecule has 1 aliphatic rings. The molecule has 0 aliphatic carbocycles. The number of ether oxygens (including phenoxy) is 2. The van der Waals surface area contributed by atoms with Gasteiger partial charge in [-0.15, -0.1) is 0 Å². The topological polar surface area (TPSA) is 63.4 Å². The van der Waals surface area contributed by atoms with E-state index in [2.05, 4.69) is 10.3 Å². The largest absolute Gasteiger partial charge is 0.454 e. The summed E-state index contributed by atoms with van der Waals surface area (Å²) in [6.07, 6.45) is 1.80. The minimum absolute atomic E-state index is 0.0365. The number of Topliss-reactive ketones (excluding diaryl/α,β-unsaturated/α-hetero) is 1. The molecule has 2 heterocycles. The number of nitrogens with one attached hydrogen (secondary N) is 2. The van der Waals surface area contributed by atoms with Gasteiger partial charge in [0, 0.05) is 29.2 Å². The first kappa shape index (κ1) is 17.5. The molecule has 0 spiro atoms. The van der Waals surface area contributed by atoms with E-state index >= 15 is 0 Å². The van der Waals surface area contributed by atoms with Gasteiger partial charge in [-0.3, -0.25) is 10.1 Å². The first-order valence-electron chi connectivity index (χ1n) is 9.57. The van der Waals surface area contributed by atoms with E-state index < -0.39 is 6.04 Å². The Balaban J connectivity index is 1.45. The van der Waals surface area contributed by atoms with Crippen LogP contribution in [0.1, 0.15) is 27.5 Å². The summed E-state index contributed by atoms with van der Waals surface area (Å²) >= 11 is 0. The summed E-state index contributed by atoms with van der Waals surface area (Å²) in [7, 11) is 0. The van der Waals surface area contributed by atoms with Crippen molar-refractivity contribution < 1.29 is 14.3 Å². The minimum Gasteiger partial charge on any atom is -0.454 e. The zero-order chi connectivity index (χ0) is 19.6. The molecule has 1 aliphatic heterocycles. The van der Waals surface area contributed by atoms with Gasteiger partial charge < -0.3 is 14.5 Å². The van der Waals surface area contributed by atoms with Gasteiger partial charge in [-0.1, -0.05) is 54.6 Å². The van der Waals surface area contributed by atoms with Gasteiger partial charge in [0.1, 0.15) is 0 Å². The molecule has 1 aromatic heterocycles. The Morgan fingerprint density at radius 2 is 1.76 bits per heavy atom. The molecule has 4 aromatic rings. The van der Waals surface area contributed by atoms with Crippen LogP contribution >= 0.6 is 0 Å². The van der Waals surface area contributed by atoms with Crippen molar-refractivity contribution in [3.8, 4) is 11.5 Å². The number of benzene rings is 3. The average molecular weight is 384 g/mol. The van der Waals surface area contributed by atoms with Crippen LogP contribution in [0.3, 0.4) is 0 Å². The summed E-state index contributed by atoms with van der Waals surface area (Å²) in [4.78, 5) is 16.7. The maximum Gasteiger partial charge on any atom is 0.231 e. The highest BCUT2D eigenvalue weighted by atomic mass is 16.7. The molecule has 1 unspecified atom stereocenters. The first-order valence-corrected chi connectivity index (χ1v) is 9.57. The van der Waals surface area contributed by atoms with Crippen molar-refractivity contribution in [2.24, 2.45) is 0 Å². The van der Waals surface area contributed by atoms with E-state index in [0.717, 1.165) is 33.5 Å². The van der Waals surface area contributed by atoms with Crippen LogP contribution in [0.15, 0.2) is 79.0 Å². The van der Waals surface area contributed by atoms with Crippen LogP contribution in [0.4, 0.5) is 0 Å². The molecule has 0 fully saturated rings. The van der Waals surface area contributed by atoms with Gasteiger partial charge in [-0.2, -0.15) is 0 Å². The van der Waals surface area contributed by atoms with Crippen molar-refractivity contribution in [2.75, 3.05) is 6.79 Å². The van der Waals surface area contributed by atoms with Gasteiger partial charge in [0.15, 0.2) is 17.3 Å². The zero-order valence-electron chi connectivity index (χ0n) is 15.7. The summed E-state index contributed by atoms with van der Waals surface area (Å²) < 4.78 is 10.8. The Hall–Kier alpha value is -3.57. The second-order valence-corrected chi connectivity index (χ2v) is 7.02. The quantitative estimate of drug-likeness (QED) is 0.477. The van der Waals surface area contributed by atoms with Crippen LogP contribution < -0.4 is 14.8 Å². The number of carbonyl (C=O) groups is 1. The van der Waals surface area contributed by atoms with Crippen LogP contribution in [0, 0.1) is 0 Å². The molecular weight excluding hydrogens is 364 g/mol. The molecule has 144 valence electrons. The third-order valence-electron chi connectivity index (χ3n) is 5.20. The van der Waals surface area contributed by atoms with E-state index in [4.69, 9.17) is 9.47 Å². The van der Waals surface area contributed by atoms with E-state index in [1.54, 1.807) is 6.20 Å². The van der Waals surface area contributed by atoms with Gasteiger partial charge >= 0.3 is 0 Å². The highest BCUT2D eigenvalue weighted by Crippen LogP contribution is 2.33. The molecule has 5 nitrogen and oxygen atoms in total. The molecule has 1 atom stereocenters. The minimum atomic E-state index is -0.458. The maximum absolute atomic E-state index is 13.5. The summed E-state index contributed by atoms with van der Waals surface area (Å²) in [5, 5.41) is 4.37. The molecule has 5 rings (SSSR count). The number of H-pyrrole nitrogens is 1. The second-order valence-electron chi connectivity index (χ2n) is 7.02. The molecule has 0 amide bonds. The van der Waals surface area contributed by atoms with Crippen molar-refractivity contribution in [2.45, 2.75) is 12.6 Å². The summed E-state index contributed by atoms with van der Waals surface area (Å²) in [5.41, 5.74) is 3.61. The summed E-state index contributed by atoms with van der Waals surface area (Å²) in [6.45, 7) is 0.780. The van der Waals surface area contributed by atoms with Gasteiger partial charge in [0.2, 0.25) is 6.79 Å². The zero-order valence-corrected chi connectivity index (χ0v) is 15.7. The van der Waals surface area contributed by atoms with Gasteiger partial charge in [0.25, 0.3) is 0 Å².